The Labute approximate surface area is 236 Å². The molecule has 0 radical (unpaired) electrons. The zero-order valence-corrected chi connectivity index (χ0v) is 24.2. The summed E-state index contributed by atoms with van der Waals surface area (Å²) < 4.78 is 7.49. The zero-order valence-electron chi connectivity index (χ0n) is 24.2. The van der Waals surface area contributed by atoms with Crippen molar-refractivity contribution in [2.45, 2.75) is 26.4 Å². The molecule has 212 valence electrons. The fraction of sp³-hybridized carbons (Fsp3) is 0.367. The molecule has 4 aromatic rings. The van der Waals surface area contributed by atoms with Crippen LogP contribution in [0, 0.1) is 6.92 Å². The molecule has 1 unspecified atom stereocenters. The number of hydrogen-bond acceptors (Lipinski definition) is 9. The van der Waals surface area contributed by atoms with Crippen LogP contribution in [0.3, 0.4) is 0 Å². The summed E-state index contributed by atoms with van der Waals surface area (Å²) in [5, 5.41) is 21.0. The van der Waals surface area contributed by atoms with E-state index in [9.17, 15) is 5.11 Å². The molecule has 0 spiro atoms. The largest absolute Gasteiger partial charge is 0.494 e. The van der Waals surface area contributed by atoms with Crippen molar-refractivity contribution < 1.29 is 9.84 Å². The van der Waals surface area contributed by atoms with Gasteiger partial charge in [0.1, 0.15) is 5.75 Å². The van der Waals surface area contributed by atoms with Gasteiger partial charge >= 0.3 is 0 Å². The lowest BCUT2D eigenvalue weighted by Crippen LogP contribution is -2.28. The smallest absolute Gasteiger partial charge is 0.229 e. The summed E-state index contributed by atoms with van der Waals surface area (Å²) in [5.74, 6) is 1.78. The summed E-state index contributed by atoms with van der Waals surface area (Å²) in [6.45, 7) is 6.52. The summed E-state index contributed by atoms with van der Waals surface area (Å²) in [4.78, 5) is 13.6. The molecule has 1 atom stereocenters. The lowest BCUT2D eigenvalue weighted by Gasteiger charge is -2.25. The van der Waals surface area contributed by atoms with E-state index in [0.29, 0.717) is 24.1 Å². The van der Waals surface area contributed by atoms with E-state index >= 15 is 0 Å². The molecule has 0 aliphatic heterocycles. The maximum absolute atomic E-state index is 9.45. The van der Waals surface area contributed by atoms with Gasteiger partial charge in [0.05, 0.1) is 25.1 Å². The highest BCUT2D eigenvalue weighted by Crippen LogP contribution is 2.34. The molecule has 40 heavy (non-hydrogen) atoms. The maximum Gasteiger partial charge on any atom is 0.229 e. The van der Waals surface area contributed by atoms with Gasteiger partial charge in [0, 0.05) is 74.1 Å². The number of nitrogens with one attached hydrogen (secondary N) is 2. The average Bonchev–Trinajstić information content (AvgIpc) is 3.40. The van der Waals surface area contributed by atoms with E-state index in [1.807, 2.05) is 55.6 Å². The van der Waals surface area contributed by atoms with E-state index in [-0.39, 0.29) is 12.6 Å². The second-order valence-corrected chi connectivity index (χ2v) is 10.2. The molecule has 0 saturated carbocycles. The lowest BCUT2D eigenvalue weighted by atomic mass is 10.1. The minimum Gasteiger partial charge on any atom is -0.494 e. The Morgan fingerprint density at radius 2 is 1.85 bits per heavy atom. The number of anilines is 3. The third-order valence-electron chi connectivity index (χ3n) is 6.69. The topological polar surface area (TPSA) is 104 Å². The fourth-order valence-electron chi connectivity index (χ4n) is 4.33. The van der Waals surface area contributed by atoms with Gasteiger partial charge in [-0.05, 0) is 39.6 Å². The van der Waals surface area contributed by atoms with Crippen LogP contribution in [0.1, 0.15) is 18.1 Å². The Morgan fingerprint density at radius 1 is 1.07 bits per heavy atom. The summed E-state index contributed by atoms with van der Waals surface area (Å²) in [6, 6.07) is 16.0. The highest BCUT2D eigenvalue weighted by Gasteiger charge is 2.16. The van der Waals surface area contributed by atoms with Crippen LogP contribution >= 0.6 is 0 Å². The number of likely N-dealkylation sites (N-methyl/N-ethyl adjacent to an activating group) is 2. The first-order valence-corrected chi connectivity index (χ1v) is 13.4. The van der Waals surface area contributed by atoms with Gasteiger partial charge in [0.15, 0.2) is 5.82 Å². The molecule has 2 aromatic heterocycles. The Kier molecular flexibility index (Phi) is 9.70. The van der Waals surface area contributed by atoms with Crippen molar-refractivity contribution in [1.82, 2.24) is 30.0 Å². The van der Waals surface area contributed by atoms with Crippen molar-refractivity contribution in [1.29, 1.82) is 0 Å². The van der Waals surface area contributed by atoms with Crippen molar-refractivity contribution in [3.63, 3.8) is 0 Å². The molecule has 10 heteroatoms. The van der Waals surface area contributed by atoms with Gasteiger partial charge in [-0.25, -0.2) is 9.67 Å². The number of methoxy groups -OCH3 is 1. The number of nitrogens with zero attached hydrogens (tertiary/aromatic N) is 6. The summed E-state index contributed by atoms with van der Waals surface area (Å²) in [7, 11) is 7.90. The minimum atomic E-state index is -0.0283. The predicted octanol–water partition coefficient (Wildman–Crippen LogP) is 3.86. The van der Waals surface area contributed by atoms with Gasteiger partial charge in [-0.2, -0.15) is 10.1 Å². The number of aliphatic hydroxyl groups is 1. The molecule has 0 fully saturated rings. The number of aromatic nitrogens is 4. The van der Waals surface area contributed by atoms with E-state index in [4.69, 9.17) is 14.8 Å². The second-order valence-electron chi connectivity index (χ2n) is 10.2. The maximum atomic E-state index is 9.45. The molecule has 2 heterocycles. The molecule has 0 bridgehead atoms. The predicted molar refractivity (Wildman–Crippen MR) is 161 cm³/mol. The molecule has 2 aromatic carbocycles. The van der Waals surface area contributed by atoms with Crippen molar-refractivity contribution >= 4 is 17.3 Å². The van der Waals surface area contributed by atoms with Crippen LogP contribution in [0.5, 0.6) is 5.75 Å². The Bertz CT molecular complexity index is 1390. The van der Waals surface area contributed by atoms with Crippen molar-refractivity contribution in [3.05, 3.63) is 72.1 Å². The van der Waals surface area contributed by atoms with Gasteiger partial charge in [-0.1, -0.05) is 30.3 Å². The highest BCUT2D eigenvalue weighted by atomic mass is 16.5. The Balaban J connectivity index is 1.61. The van der Waals surface area contributed by atoms with Crippen molar-refractivity contribution in [2.24, 2.45) is 0 Å². The van der Waals surface area contributed by atoms with Crippen molar-refractivity contribution in [2.75, 3.05) is 58.2 Å². The number of aryl methyl sites for hydroxylation is 1. The first-order chi connectivity index (χ1) is 19.3. The lowest BCUT2D eigenvalue weighted by molar-refractivity contribution is 0.251. The average molecular weight is 545 g/mol. The van der Waals surface area contributed by atoms with Gasteiger partial charge < -0.3 is 30.3 Å². The molecule has 0 amide bonds. The number of ether oxygens (including phenoxy) is 1. The van der Waals surface area contributed by atoms with E-state index in [1.165, 1.54) is 0 Å². The van der Waals surface area contributed by atoms with Crippen molar-refractivity contribution in [3.8, 4) is 22.8 Å². The molecular weight excluding hydrogens is 504 g/mol. The number of rotatable bonds is 13. The number of hydrogen-bond donors (Lipinski definition) is 3. The van der Waals surface area contributed by atoms with E-state index < -0.39 is 0 Å². The van der Waals surface area contributed by atoms with E-state index in [2.05, 4.69) is 59.6 Å². The summed E-state index contributed by atoms with van der Waals surface area (Å²) in [5.41, 5.74) is 5.90. The summed E-state index contributed by atoms with van der Waals surface area (Å²) in [6.07, 6.45) is 3.68. The number of benzene rings is 2. The fourth-order valence-corrected chi connectivity index (χ4v) is 4.33. The zero-order chi connectivity index (χ0) is 28.6. The van der Waals surface area contributed by atoms with Crippen LogP contribution in [-0.4, -0.2) is 83.7 Å². The normalized spacial score (nSPS) is 12.0. The van der Waals surface area contributed by atoms with Gasteiger partial charge in [-0.3, -0.25) is 0 Å². The Morgan fingerprint density at radius 3 is 2.55 bits per heavy atom. The number of aliphatic hydroxyl groups excluding tert-OH is 1. The third-order valence-corrected chi connectivity index (χ3v) is 6.69. The van der Waals surface area contributed by atoms with Gasteiger partial charge in [-0.15, -0.1) is 0 Å². The SMILES string of the molecule is COc1cc(N(C)CCN(C)C)c(C)cc1Nc1nccc(-n2cc(CNC(C)CO)c(-c3ccccc3)n2)n1. The molecule has 0 saturated heterocycles. The van der Waals surface area contributed by atoms with Crippen LogP contribution in [0.4, 0.5) is 17.3 Å². The van der Waals surface area contributed by atoms with E-state index in [1.54, 1.807) is 18.0 Å². The molecule has 0 aliphatic carbocycles. The third kappa shape index (κ3) is 7.15. The first kappa shape index (κ1) is 29.0. The monoisotopic (exact) mass is 544 g/mol. The molecule has 10 nitrogen and oxygen atoms in total. The van der Waals surface area contributed by atoms with E-state index in [0.717, 1.165) is 46.8 Å². The first-order valence-electron chi connectivity index (χ1n) is 13.4. The van der Waals surface area contributed by atoms with Crippen LogP contribution in [0.2, 0.25) is 0 Å². The summed E-state index contributed by atoms with van der Waals surface area (Å²) >= 11 is 0. The molecule has 0 aliphatic rings. The molecule has 4 rings (SSSR count). The van der Waals surface area contributed by atoms with Crippen LogP contribution in [0.25, 0.3) is 17.1 Å². The van der Waals surface area contributed by atoms with Gasteiger partial charge in [0.25, 0.3) is 0 Å². The second kappa shape index (κ2) is 13.4. The quantitative estimate of drug-likeness (QED) is 0.232. The minimum absolute atomic E-state index is 0.0283. The van der Waals surface area contributed by atoms with Crippen LogP contribution in [0.15, 0.2) is 60.9 Å². The highest BCUT2D eigenvalue weighted by molar-refractivity contribution is 5.71. The van der Waals surface area contributed by atoms with Crippen LogP contribution < -0.4 is 20.3 Å². The van der Waals surface area contributed by atoms with Crippen LogP contribution in [-0.2, 0) is 6.54 Å². The van der Waals surface area contributed by atoms with Gasteiger partial charge in [0.2, 0.25) is 5.95 Å². The molecular formula is C30H40N8O2. The molecule has 3 N–H and O–H groups in total. The Hall–Kier alpha value is -3.99. The standard InChI is InChI=1S/C30H40N8O2/c1-21-16-25(27(40-6)17-26(21)37(5)15-14-36(3)4)33-30-31-13-12-28(34-30)38-19-24(18-32-22(2)20-39)29(35-38)23-10-8-7-9-11-23/h7-13,16-17,19,22,32,39H,14-15,18,20H2,1-6H3,(H,31,33,34).